The lowest BCUT2D eigenvalue weighted by Gasteiger charge is -2.20. The van der Waals surface area contributed by atoms with Crippen LogP contribution in [0, 0.1) is 5.82 Å². The molecule has 1 unspecified atom stereocenters. The van der Waals surface area contributed by atoms with Gasteiger partial charge in [0.2, 0.25) is 0 Å². The molecule has 5 heteroatoms. The Bertz CT molecular complexity index is 603. The molecule has 1 aromatic heterocycles. The second kappa shape index (κ2) is 6.98. The summed E-state index contributed by atoms with van der Waals surface area (Å²) in [6.45, 7) is 1.96. The van der Waals surface area contributed by atoms with Crippen LogP contribution in [0.4, 0.5) is 4.39 Å². The lowest BCUT2D eigenvalue weighted by atomic mass is 9.96. The van der Waals surface area contributed by atoms with Gasteiger partial charge in [0.05, 0.1) is 0 Å². The van der Waals surface area contributed by atoms with Gasteiger partial charge in [-0.25, -0.2) is 4.39 Å². The van der Waals surface area contributed by atoms with Crippen LogP contribution in [0.25, 0.3) is 0 Å². The fourth-order valence-electron chi connectivity index (χ4n) is 2.39. The smallest absolute Gasteiger partial charge is 0.135 e. The summed E-state index contributed by atoms with van der Waals surface area (Å²) < 4.78 is 14.8. The molecule has 0 saturated heterocycles. The van der Waals surface area contributed by atoms with Crippen LogP contribution in [0.1, 0.15) is 42.2 Å². The molecule has 0 amide bonds. The maximum absolute atomic E-state index is 14.8. The second-order valence-corrected chi connectivity index (χ2v) is 5.21. The molecule has 0 aliphatic heterocycles. The highest BCUT2D eigenvalue weighted by atomic mass is 35.5. The highest BCUT2D eigenvalue weighted by molar-refractivity contribution is 6.31. The molecule has 2 atom stereocenters. The molecule has 3 nitrogen and oxygen atoms in total. The lowest BCUT2D eigenvalue weighted by molar-refractivity contribution is 0.214. The molecule has 21 heavy (non-hydrogen) atoms. The summed E-state index contributed by atoms with van der Waals surface area (Å²) in [5, 5.41) is 13.7. The van der Waals surface area contributed by atoms with Crippen molar-refractivity contribution < 1.29 is 9.50 Å². The van der Waals surface area contributed by atoms with Crippen molar-refractivity contribution in [2.24, 2.45) is 0 Å². The molecule has 0 saturated carbocycles. The van der Waals surface area contributed by atoms with Crippen molar-refractivity contribution in [3.05, 3.63) is 64.2 Å². The number of hydrogen-bond acceptors (Lipinski definition) is 3. The van der Waals surface area contributed by atoms with E-state index in [1.807, 2.05) is 6.92 Å². The Morgan fingerprint density at radius 1 is 1.38 bits per heavy atom. The zero-order chi connectivity index (χ0) is 15.4. The van der Waals surface area contributed by atoms with Gasteiger partial charge in [-0.1, -0.05) is 30.7 Å². The van der Waals surface area contributed by atoms with Gasteiger partial charge in [0.15, 0.2) is 0 Å². The first-order valence-electron chi connectivity index (χ1n) is 6.83. The monoisotopic (exact) mass is 308 g/mol. The van der Waals surface area contributed by atoms with Gasteiger partial charge in [0, 0.05) is 40.1 Å². The molecule has 2 aromatic rings. The van der Waals surface area contributed by atoms with E-state index >= 15 is 0 Å². The summed E-state index contributed by atoms with van der Waals surface area (Å²) in [6.07, 6.45) is 2.69. The van der Waals surface area contributed by atoms with Gasteiger partial charge in [0.25, 0.3) is 0 Å². The fourth-order valence-corrected chi connectivity index (χ4v) is 2.64. The van der Waals surface area contributed by atoms with Crippen LogP contribution in [0.5, 0.6) is 0 Å². The minimum absolute atomic E-state index is 0.0934. The summed E-state index contributed by atoms with van der Waals surface area (Å²) in [5.41, 5.74) is 1.10. The van der Waals surface area contributed by atoms with Gasteiger partial charge in [0.1, 0.15) is 11.9 Å². The molecule has 0 spiro atoms. The average molecular weight is 309 g/mol. The molecule has 0 fully saturated rings. The molecule has 112 valence electrons. The van der Waals surface area contributed by atoms with E-state index in [4.69, 9.17) is 11.6 Å². The molecule has 1 aromatic carbocycles. The number of nitrogens with zero attached hydrogens (tertiary/aromatic N) is 1. The molecule has 0 aliphatic rings. The van der Waals surface area contributed by atoms with Crippen LogP contribution in [0.15, 0.2) is 36.7 Å². The van der Waals surface area contributed by atoms with Crippen LogP contribution in [0.2, 0.25) is 5.02 Å². The Morgan fingerprint density at radius 2 is 2.14 bits per heavy atom. The zero-order valence-electron chi connectivity index (χ0n) is 12.0. The van der Waals surface area contributed by atoms with Crippen molar-refractivity contribution in [1.82, 2.24) is 10.3 Å². The number of pyridine rings is 1. The summed E-state index contributed by atoms with van der Waals surface area (Å²) >= 11 is 6.10. The third-order valence-corrected chi connectivity index (χ3v) is 3.89. The summed E-state index contributed by atoms with van der Waals surface area (Å²) in [6, 6.07) is 6.53. The number of aliphatic hydroxyl groups is 1. The van der Waals surface area contributed by atoms with E-state index in [1.165, 1.54) is 6.20 Å². The highest BCUT2D eigenvalue weighted by Gasteiger charge is 2.23. The summed E-state index contributed by atoms with van der Waals surface area (Å²) in [7, 11) is 1.78. The van der Waals surface area contributed by atoms with Crippen LogP contribution in [-0.2, 0) is 0 Å². The molecule has 2 rings (SSSR count). The fraction of sp³-hybridized carbons (Fsp3) is 0.312. The highest BCUT2D eigenvalue weighted by Crippen LogP contribution is 2.34. The maximum atomic E-state index is 14.8. The SMILES string of the molecule is CC[C@@H](NC)c1ccc(Cl)c(C(O)c2cccnc2)c1F. The molecular formula is C16H18ClFN2O. The average Bonchev–Trinajstić information content (AvgIpc) is 2.51. The minimum Gasteiger partial charge on any atom is -0.383 e. The predicted octanol–water partition coefficient (Wildman–Crippen LogP) is 3.63. The normalized spacial score (nSPS) is 14.0. The number of halogens is 2. The zero-order valence-corrected chi connectivity index (χ0v) is 12.7. The van der Waals surface area contributed by atoms with Gasteiger partial charge in [-0.3, -0.25) is 4.98 Å². The van der Waals surface area contributed by atoms with Crippen molar-refractivity contribution >= 4 is 11.6 Å². The van der Waals surface area contributed by atoms with Crippen molar-refractivity contribution in [2.45, 2.75) is 25.5 Å². The second-order valence-electron chi connectivity index (χ2n) is 4.80. The number of nitrogens with one attached hydrogen (secondary N) is 1. The van der Waals surface area contributed by atoms with Crippen molar-refractivity contribution in [3.63, 3.8) is 0 Å². The predicted molar refractivity (Wildman–Crippen MR) is 81.8 cm³/mol. The van der Waals surface area contributed by atoms with E-state index in [2.05, 4.69) is 10.3 Å². The van der Waals surface area contributed by atoms with Crippen LogP contribution in [-0.4, -0.2) is 17.1 Å². The minimum atomic E-state index is -1.14. The lowest BCUT2D eigenvalue weighted by Crippen LogP contribution is -2.18. The third kappa shape index (κ3) is 3.23. The summed E-state index contributed by atoms with van der Waals surface area (Å²) in [5.74, 6) is -0.472. The van der Waals surface area contributed by atoms with Crippen molar-refractivity contribution in [1.29, 1.82) is 0 Å². The van der Waals surface area contributed by atoms with E-state index < -0.39 is 11.9 Å². The quantitative estimate of drug-likeness (QED) is 0.886. The standard InChI is InChI=1S/C16H18ClFN2O/c1-3-13(19-2)11-6-7-12(17)14(15(11)18)16(21)10-5-4-8-20-9-10/h4-9,13,16,19,21H,3H2,1-2H3/t13-,16?/m1/s1. The first kappa shape index (κ1) is 15.9. The molecular weight excluding hydrogens is 291 g/mol. The molecule has 1 heterocycles. The van der Waals surface area contributed by atoms with E-state index in [1.54, 1.807) is 37.5 Å². The topological polar surface area (TPSA) is 45.1 Å². The van der Waals surface area contributed by atoms with E-state index in [0.29, 0.717) is 11.1 Å². The molecule has 0 radical (unpaired) electrons. The molecule has 0 bridgehead atoms. The molecule has 0 aliphatic carbocycles. The Hall–Kier alpha value is -1.49. The number of benzene rings is 1. The Kier molecular flexibility index (Phi) is 5.28. The van der Waals surface area contributed by atoms with E-state index in [9.17, 15) is 9.50 Å². The third-order valence-electron chi connectivity index (χ3n) is 3.56. The summed E-state index contributed by atoms with van der Waals surface area (Å²) in [4.78, 5) is 3.94. The Morgan fingerprint density at radius 3 is 2.71 bits per heavy atom. The van der Waals surface area contributed by atoms with E-state index in [-0.39, 0.29) is 16.6 Å². The Labute approximate surface area is 128 Å². The van der Waals surface area contributed by atoms with E-state index in [0.717, 1.165) is 6.42 Å². The number of aliphatic hydroxyl groups excluding tert-OH is 1. The van der Waals surface area contributed by atoms with Gasteiger partial charge < -0.3 is 10.4 Å². The number of hydrogen-bond donors (Lipinski definition) is 2. The van der Waals surface area contributed by atoms with Gasteiger partial charge in [-0.05, 0) is 25.6 Å². The largest absolute Gasteiger partial charge is 0.383 e. The Balaban J connectivity index is 2.50. The van der Waals surface area contributed by atoms with Crippen LogP contribution < -0.4 is 5.32 Å². The van der Waals surface area contributed by atoms with Crippen LogP contribution >= 0.6 is 11.6 Å². The van der Waals surface area contributed by atoms with Crippen molar-refractivity contribution in [3.8, 4) is 0 Å². The van der Waals surface area contributed by atoms with Crippen LogP contribution in [0.3, 0.4) is 0 Å². The van der Waals surface area contributed by atoms with Gasteiger partial charge in [-0.15, -0.1) is 0 Å². The number of aromatic nitrogens is 1. The maximum Gasteiger partial charge on any atom is 0.135 e. The first-order valence-corrected chi connectivity index (χ1v) is 7.21. The number of rotatable bonds is 5. The van der Waals surface area contributed by atoms with Crippen molar-refractivity contribution in [2.75, 3.05) is 7.05 Å². The first-order chi connectivity index (χ1) is 10.1. The van der Waals surface area contributed by atoms with Gasteiger partial charge in [-0.2, -0.15) is 0 Å². The van der Waals surface area contributed by atoms with Gasteiger partial charge >= 0.3 is 0 Å². The molecule has 2 N–H and O–H groups in total.